The van der Waals surface area contributed by atoms with Gasteiger partial charge in [-0.3, -0.25) is 0 Å². The maximum absolute atomic E-state index is 12.2. The normalized spacial score (nSPS) is 10.8. The van der Waals surface area contributed by atoms with Crippen LogP contribution in [0.5, 0.6) is 5.75 Å². The number of nitrogens with zero attached hydrogens (tertiary/aromatic N) is 4. The summed E-state index contributed by atoms with van der Waals surface area (Å²) < 4.78 is 11.8. The molecule has 2 heterocycles. The van der Waals surface area contributed by atoms with Crippen molar-refractivity contribution in [2.45, 2.75) is 26.4 Å². The van der Waals surface area contributed by atoms with Crippen LogP contribution in [0.3, 0.4) is 0 Å². The van der Waals surface area contributed by atoms with Crippen LogP contribution in [0.4, 0.5) is 5.82 Å². The summed E-state index contributed by atoms with van der Waals surface area (Å²) >= 11 is 0. The van der Waals surface area contributed by atoms with Crippen LogP contribution in [0.15, 0.2) is 54.7 Å². The second kappa shape index (κ2) is 9.47. The number of hydrogen-bond donors (Lipinski definition) is 1. The van der Waals surface area contributed by atoms with E-state index in [1.165, 1.54) is 12.7 Å². The third-order valence-corrected chi connectivity index (χ3v) is 5.25. The Bertz CT molecular complexity index is 1220. The SMILES string of the molecule is CCc1ccc(Cn2ncc3c(NCc4ccc(OC)cc4)nc(C(=O)OC)nc32)cc1. The number of methoxy groups -OCH3 is 2. The van der Waals surface area contributed by atoms with Crippen molar-refractivity contribution in [3.05, 3.63) is 77.2 Å². The molecule has 164 valence electrons. The van der Waals surface area contributed by atoms with Crippen molar-refractivity contribution in [2.24, 2.45) is 0 Å². The number of ether oxygens (including phenoxy) is 2. The molecule has 0 atom stereocenters. The highest BCUT2D eigenvalue weighted by Crippen LogP contribution is 2.22. The van der Waals surface area contributed by atoms with Crippen molar-refractivity contribution < 1.29 is 14.3 Å². The highest BCUT2D eigenvalue weighted by molar-refractivity contribution is 5.92. The summed E-state index contributed by atoms with van der Waals surface area (Å²) in [5.74, 6) is 0.706. The Balaban J connectivity index is 1.65. The highest BCUT2D eigenvalue weighted by Gasteiger charge is 2.18. The lowest BCUT2D eigenvalue weighted by molar-refractivity contribution is 0.0587. The Morgan fingerprint density at radius 1 is 0.969 bits per heavy atom. The second-order valence-corrected chi connectivity index (χ2v) is 7.30. The Labute approximate surface area is 186 Å². The summed E-state index contributed by atoms with van der Waals surface area (Å²) in [5.41, 5.74) is 3.98. The van der Waals surface area contributed by atoms with Gasteiger partial charge in [0.05, 0.1) is 32.3 Å². The average molecular weight is 431 g/mol. The molecule has 8 heteroatoms. The van der Waals surface area contributed by atoms with E-state index >= 15 is 0 Å². The number of aryl methyl sites for hydroxylation is 1. The number of anilines is 1. The summed E-state index contributed by atoms with van der Waals surface area (Å²) in [4.78, 5) is 21.0. The lowest BCUT2D eigenvalue weighted by atomic mass is 10.1. The molecule has 0 aliphatic rings. The fraction of sp³-hybridized carbons (Fsp3) is 0.250. The van der Waals surface area contributed by atoms with Gasteiger partial charge in [-0.15, -0.1) is 0 Å². The van der Waals surface area contributed by atoms with Gasteiger partial charge in [0.2, 0.25) is 5.82 Å². The average Bonchev–Trinajstić information content (AvgIpc) is 3.25. The van der Waals surface area contributed by atoms with Crippen LogP contribution in [0.1, 0.15) is 34.2 Å². The zero-order valence-electron chi connectivity index (χ0n) is 18.3. The second-order valence-electron chi connectivity index (χ2n) is 7.30. The number of hydrogen-bond acceptors (Lipinski definition) is 7. The zero-order valence-corrected chi connectivity index (χ0v) is 18.3. The Morgan fingerprint density at radius 3 is 2.31 bits per heavy atom. The van der Waals surface area contributed by atoms with E-state index in [4.69, 9.17) is 9.47 Å². The molecule has 2 aromatic carbocycles. The molecule has 1 N–H and O–H groups in total. The fourth-order valence-electron chi connectivity index (χ4n) is 3.37. The van der Waals surface area contributed by atoms with E-state index in [2.05, 4.69) is 51.6 Å². The lowest BCUT2D eigenvalue weighted by Crippen LogP contribution is -2.12. The topological polar surface area (TPSA) is 91.2 Å². The molecule has 4 rings (SSSR count). The van der Waals surface area contributed by atoms with E-state index in [0.29, 0.717) is 24.6 Å². The van der Waals surface area contributed by atoms with Crippen LogP contribution in [0.25, 0.3) is 11.0 Å². The van der Waals surface area contributed by atoms with Gasteiger partial charge in [-0.25, -0.2) is 19.4 Å². The van der Waals surface area contributed by atoms with Crippen molar-refractivity contribution in [2.75, 3.05) is 19.5 Å². The Kier molecular flexibility index (Phi) is 6.30. The van der Waals surface area contributed by atoms with Gasteiger partial charge in [0.15, 0.2) is 5.65 Å². The Morgan fingerprint density at radius 2 is 1.66 bits per heavy atom. The van der Waals surface area contributed by atoms with Gasteiger partial charge in [0.1, 0.15) is 11.6 Å². The van der Waals surface area contributed by atoms with Gasteiger partial charge in [-0.2, -0.15) is 5.10 Å². The smallest absolute Gasteiger partial charge is 0.376 e. The monoisotopic (exact) mass is 431 g/mol. The predicted molar refractivity (Wildman–Crippen MR) is 122 cm³/mol. The van der Waals surface area contributed by atoms with Crippen LogP contribution in [0.2, 0.25) is 0 Å². The molecule has 0 saturated heterocycles. The van der Waals surface area contributed by atoms with Gasteiger partial charge < -0.3 is 14.8 Å². The van der Waals surface area contributed by atoms with E-state index in [9.17, 15) is 4.79 Å². The number of aromatic nitrogens is 4. The molecule has 0 aliphatic carbocycles. The Hall–Kier alpha value is -3.94. The van der Waals surface area contributed by atoms with E-state index in [-0.39, 0.29) is 5.82 Å². The quantitative estimate of drug-likeness (QED) is 0.424. The van der Waals surface area contributed by atoms with Crippen LogP contribution in [0, 0.1) is 0 Å². The third kappa shape index (κ3) is 4.54. The molecule has 0 saturated carbocycles. The molecule has 0 unspecified atom stereocenters. The minimum absolute atomic E-state index is 0.0136. The first-order chi connectivity index (χ1) is 15.6. The molecule has 32 heavy (non-hydrogen) atoms. The first-order valence-corrected chi connectivity index (χ1v) is 10.4. The van der Waals surface area contributed by atoms with Gasteiger partial charge in [-0.1, -0.05) is 43.3 Å². The molecule has 0 aliphatic heterocycles. The minimum Gasteiger partial charge on any atom is -0.497 e. The lowest BCUT2D eigenvalue weighted by Gasteiger charge is -2.10. The van der Waals surface area contributed by atoms with E-state index in [1.807, 2.05) is 24.3 Å². The van der Waals surface area contributed by atoms with Crippen LogP contribution in [-0.2, 0) is 24.2 Å². The van der Waals surface area contributed by atoms with E-state index in [0.717, 1.165) is 28.7 Å². The highest BCUT2D eigenvalue weighted by atomic mass is 16.5. The summed E-state index contributed by atoms with van der Waals surface area (Å²) in [6.07, 6.45) is 2.71. The van der Waals surface area contributed by atoms with Crippen LogP contribution < -0.4 is 10.1 Å². The molecule has 2 aromatic heterocycles. The van der Waals surface area contributed by atoms with Crippen molar-refractivity contribution in [1.29, 1.82) is 0 Å². The minimum atomic E-state index is -0.598. The predicted octanol–water partition coefficient (Wildman–Crippen LogP) is 3.84. The molecule has 0 bridgehead atoms. The zero-order chi connectivity index (χ0) is 22.5. The summed E-state index contributed by atoms with van der Waals surface area (Å²) in [6.45, 7) is 3.17. The summed E-state index contributed by atoms with van der Waals surface area (Å²) in [5, 5.41) is 8.54. The van der Waals surface area contributed by atoms with Crippen LogP contribution >= 0.6 is 0 Å². The third-order valence-electron chi connectivity index (χ3n) is 5.25. The number of nitrogens with one attached hydrogen (secondary N) is 1. The van der Waals surface area contributed by atoms with E-state index < -0.39 is 5.97 Å². The molecule has 0 radical (unpaired) electrons. The molecular weight excluding hydrogens is 406 g/mol. The molecule has 0 amide bonds. The summed E-state index contributed by atoms with van der Waals surface area (Å²) in [7, 11) is 2.95. The molecule has 0 fully saturated rings. The van der Waals surface area contributed by atoms with E-state index in [1.54, 1.807) is 18.0 Å². The molecule has 0 spiro atoms. The first-order valence-electron chi connectivity index (χ1n) is 10.4. The number of esters is 1. The van der Waals surface area contributed by atoms with Crippen molar-refractivity contribution in [3.8, 4) is 5.75 Å². The van der Waals surface area contributed by atoms with Crippen LogP contribution in [-0.4, -0.2) is 39.9 Å². The molecule has 8 nitrogen and oxygen atoms in total. The van der Waals surface area contributed by atoms with Crippen molar-refractivity contribution in [3.63, 3.8) is 0 Å². The largest absolute Gasteiger partial charge is 0.497 e. The van der Waals surface area contributed by atoms with Gasteiger partial charge in [0.25, 0.3) is 0 Å². The van der Waals surface area contributed by atoms with Gasteiger partial charge in [0, 0.05) is 6.54 Å². The number of fused-ring (bicyclic) bond motifs is 1. The van der Waals surface area contributed by atoms with Gasteiger partial charge >= 0.3 is 5.97 Å². The number of benzene rings is 2. The fourth-order valence-corrected chi connectivity index (χ4v) is 3.37. The molecular formula is C24H25N5O3. The number of carbonyl (C=O) groups excluding carboxylic acids is 1. The number of rotatable bonds is 8. The maximum atomic E-state index is 12.2. The molecule has 4 aromatic rings. The van der Waals surface area contributed by atoms with Crippen molar-refractivity contribution in [1.82, 2.24) is 19.7 Å². The first kappa shape index (κ1) is 21.3. The maximum Gasteiger partial charge on any atom is 0.376 e. The van der Waals surface area contributed by atoms with Gasteiger partial charge in [-0.05, 0) is 35.2 Å². The number of carbonyl (C=O) groups is 1. The van der Waals surface area contributed by atoms with Crippen molar-refractivity contribution >= 4 is 22.8 Å². The standard InChI is InChI=1S/C24H25N5O3/c1-4-16-5-7-18(8-6-16)15-29-23-20(14-26-29)21(27-22(28-23)24(30)32-3)25-13-17-9-11-19(31-2)12-10-17/h5-12,14H,4,13,15H2,1-3H3,(H,25,27,28). The summed E-state index contributed by atoms with van der Waals surface area (Å²) in [6, 6.07) is 16.1.